The number of nitro groups is 1. The number of carbonyl (C=O) groups is 1. The Kier molecular flexibility index (Phi) is 4.71. The van der Waals surface area contributed by atoms with Crippen LogP contribution in [0.3, 0.4) is 0 Å². The van der Waals surface area contributed by atoms with Gasteiger partial charge in [0.2, 0.25) is 0 Å². The average molecular weight is 279 g/mol. The van der Waals surface area contributed by atoms with E-state index in [1.54, 1.807) is 0 Å². The van der Waals surface area contributed by atoms with Crippen molar-refractivity contribution in [2.45, 2.75) is 11.4 Å². The summed E-state index contributed by atoms with van der Waals surface area (Å²) in [4.78, 5) is 20.5. The molecule has 0 aliphatic heterocycles. The Morgan fingerprint density at radius 2 is 1.89 bits per heavy atom. The molecule has 98 valence electrons. The molecule has 0 saturated heterocycles. The van der Waals surface area contributed by atoms with Crippen molar-refractivity contribution in [1.29, 1.82) is 0 Å². The number of non-ortho nitro benzene ring substituents is 1. The number of nitro benzene ring substituents is 1. The Morgan fingerprint density at radius 1 is 1.33 bits per heavy atom. The minimum atomic E-state index is -4.40. The van der Waals surface area contributed by atoms with Crippen LogP contribution in [-0.2, 0) is 4.79 Å². The number of halogens is 3. The molecular weight excluding hydrogens is 271 g/mol. The molecule has 0 aromatic heterocycles. The maximum absolute atomic E-state index is 12.0. The predicted molar refractivity (Wildman–Crippen MR) is 60.4 cm³/mol. The maximum atomic E-state index is 12.0. The highest BCUT2D eigenvalue weighted by molar-refractivity contribution is 8.00. The fourth-order valence-electron chi connectivity index (χ4n) is 1.24. The Morgan fingerprint density at radius 3 is 2.28 bits per heavy atom. The van der Waals surface area contributed by atoms with Gasteiger partial charge in [0.05, 0.1) is 4.92 Å². The van der Waals surface area contributed by atoms with Crippen LogP contribution in [0.2, 0.25) is 0 Å². The molecule has 0 saturated carbocycles. The average Bonchev–Trinajstić information content (AvgIpc) is 2.29. The summed E-state index contributed by atoms with van der Waals surface area (Å²) in [5.74, 6) is -1.37. The van der Waals surface area contributed by atoms with Gasteiger partial charge in [-0.3, -0.25) is 10.1 Å². The molecule has 0 radical (unpaired) electrons. The van der Waals surface area contributed by atoms with E-state index in [0.29, 0.717) is 11.8 Å². The summed E-state index contributed by atoms with van der Waals surface area (Å²) in [7, 11) is 0. The van der Waals surface area contributed by atoms with Crippen molar-refractivity contribution in [3.8, 4) is 0 Å². The van der Waals surface area contributed by atoms with E-state index < -0.39 is 22.1 Å². The summed E-state index contributed by atoms with van der Waals surface area (Å²) < 4.78 is 36.0. The number of thioether (sulfide) groups is 1. The first kappa shape index (κ1) is 14.5. The quantitative estimate of drug-likeness (QED) is 0.472. The van der Waals surface area contributed by atoms with E-state index in [1.807, 2.05) is 0 Å². The number of nitrogens with zero attached hydrogens (tertiary/aromatic N) is 1. The van der Waals surface area contributed by atoms with Gasteiger partial charge in [-0.2, -0.15) is 13.2 Å². The van der Waals surface area contributed by atoms with Crippen LogP contribution in [0.15, 0.2) is 24.3 Å². The summed E-state index contributed by atoms with van der Waals surface area (Å²) in [6.07, 6.45) is 0.403. The van der Waals surface area contributed by atoms with Gasteiger partial charge in [-0.25, -0.2) is 0 Å². The minimum Gasteiger partial charge on any atom is -0.303 e. The number of carbonyl (C=O) groups excluding carboxylic acids is 1. The van der Waals surface area contributed by atoms with Crippen molar-refractivity contribution in [1.82, 2.24) is 0 Å². The predicted octanol–water partition coefficient (Wildman–Crippen LogP) is 3.13. The summed E-state index contributed by atoms with van der Waals surface area (Å²) in [5, 5.41) is 10.4. The Bertz CT molecular complexity index is 433. The second-order valence-electron chi connectivity index (χ2n) is 3.35. The van der Waals surface area contributed by atoms with Crippen molar-refractivity contribution >= 4 is 23.7 Å². The van der Waals surface area contributed by atoms with Crippen molar-refractivity contribution in [2.75, 3.05) is 5.75 Å². The lowest BCUT2D eigenvalue weighted by atomic mass is 10.0. The standard InChI is InChI=1S/C10H8F3NO3S/c11-10(12,13)18-6-8(5-15)7-1-3-9(4-2-7)14(16)17/h1-5,8H,6H2. The lowest BCUT2D eigenvalue weighted by Gasteiger charge is -2.11. The van der Waals surface area contributed by atoms with E-state index in [2.05, 4.69) is 0 Å². The molecule has 0 fully saturated rings. The second-order valence-corrected chi connectivity index (χ2v) is 4.43. The van der Waals surface area contributed by atoms with Gasteiger partial charge in [-0.15, -0.1) is 0 Å². The molecule has 1 unspecified atom stereocenters. The molecule has 0 spiro atoms. The van der Waals surface area contributed by atoms with Gasteiger partial charge in [-0.1, -0.05) is 12.1 Å². The lowest BCUT2D eigenvalue weighted by Crippen LogP contribution is -2.09. The van der Waals surface area contributed by atoms with Crippen LogP contribution in [-0.4, -0.2) is 22.5 Å². The zero-order chi connectivity index (χ0) is 13.8. The molecule has 4 nitrogen and oxygen atoms in total. The van der Waals surface area contributed by atoms with Crippen LogP contribution in [0, 0.1) is 10.1 Å². The van der Waals surface area contributed by atoms with Gasteiger partial charge in [-0.05, 0) is 17.3 Å². The third kappa shape index (κ3) is 4.36. The number of benzene rings is 1. The summed E-state index contributed by atoms with van der Waals surface area (Å²) in [5.41, 5.74) is -4.25. The molecule has 0 aliphatic rings. The van der Waals surface area contributed by atoms with Crippen molar-refractivity contribution in [2.24, 2.45) is 0 Å². The molecule has 1 atom stereocenters. The highest BCUT2D eigenvalue weighted by atomic mass is 32.2. The molecule has 0 N–H and O–H groups in total. The van der Waals surface area contributed by atoms with E-state index in [4.69, 9.17) is 0 Å². The van der Waals surface area contributed by atoms with Crippen LogP contribution in [0.1, 0.15) is 11.5 Å². The molecular formula is C10H8F3NO3S. The Balaban J connectivity index is 2.76. The zero-order valence-electron chi connectivity index (χ0n) is 8.89. The monoisotopic (exact) mass is 279 g/mol. The van der Waals surface area contributed by atoms with Crippen LogP contribution in [0.25, 0.3) is 0 Å². The smallest absolute Gasteiger partial charge is 0.303 e. The third-order valence-corrected chi connectivity index (χ3v) is 2.98. The third-order valence-electron chi connectivity index (χ3n) is 2.12. The van der Waals surface area contributed by atoms with Gasteiger partial charge in [0, 0.05) is 23.8 Å². The van der Waals surface area contributed by atoms with Gasteiger partial charge in [0.15, 0.2) is 0 Å². The number of rotatable bonds is 5. The van der Waals surface area contributed by atoms with E-state index in [-0.39, 0.29) is 17.4 Å². The Hall–Kier alpha value is -1.57. The first-order valence-corrected chi connectivity index (χ1v) is 5.72. The fraction of sp³-hybridized carbons (Fsp3) is 0.300. The van der Waals surface area contributed by atoms with Crippen LogP contribution in [0.4, 0.5) is 18.9 Å². The van der Waals surface area contributed by atoms with Gasteiger partial charge in [0.25, 0.3) is 5.69 Å². The normalized spacial score (nSPS) is 13.1. The first-order chi connectivity index (χ1) is 8.33. The van der Waals surface area contributed by atoms with E-state index >= 15 is 0 Å². The first-order valence-electron chi connectivity index (χ1n) is 4.74. The van der Waals surface area contributed by atoms with Gasteiger partial charge < -0.3 is 4.79 Å². The molecule has 1 aromatic carbocycles. The minimum absolute atomic E-state index is 0.174. The number of aldehydes is 1. The lowest BCUT2D eigenvalue weighted by molar-refractivity contribution is -0.384. The highest BCUT2D eigenvalue weighted by Crippen LogP contribution is 2.33. The SMILES string of the molecule is O=CC(CSC(F)(F)F)c1ccc([N+](=O)[O-])cc1. The number of alkyl halides is 3. The van der Waals surface area contributed by atoms with Crippen LogP contribution in [0.5, 0.6) is 0 Å². The summed E-state index contributed by atoms with van der Waals surface area (Å²) in [6, 6.07) is 4.89. The second kappa shape index (κ2) is 5.85. The van der Waals surface area contributed by atoms with Crippen molar-refractivity contribution in [3.05, 3.63) is 39.9 Å². The topological polar surface area (TPSA) is 60.2 Å². The molecule has 0 heterocycles. The highest BCUT2D eigenvalue weighted by Gasteiger charge is 2.29. The zero-order valence-corrected chi connectivity index (χ0v) is 9.70. The number of hydrogen-bond acceptors (Lipinski definition) is 4. The molecule has 1 aromatic rings. The van der Waals surface area contributed by atoms with Gasteiger partial charge in [0.1, 0.15) is 6.29 Å². The largest absolute Gasteiger partial charge is 0.441 e. The van der Waals surface area contributed by atoms with Crippen molar-refractivity contribution in [3.63, 3.8) is 0 Å². The molecule has 1 rings (SSSR count). The van der Waals surface area contributed by atoms with Crippen LogP contribution >= 0.6 is 11.8 Å². The molecule has 0 bridgehead atoms. The molecule has 0 aliphatic carbocycles. The summed E-state index contributed by atoms with van der Waals surface area (Å²) >= 11 is -0.294. The summed E-state index contributed by atoms with van der Waals surface area (Å²) in [6.45, 7) is 0. The Labute approximate surface area is 104 Å². The molecule has 0 amide bonds. The number of hydrogen-bond donors (Lipinski definition) is 0. The molecule has 8 heteroatoms. The van der Waals surface area contributed by atoms with E-state index in [9.17, 15) is 28.1 Å². The van der Waals surface area contributed by atoms with Crippen molar-refractivity contribution < 1.29 is 22.9 Å². The van der Waals surface area contributed by atoms with E-state index in [0.717, 1.165) is 12.1 Å². The maximum Gasteiger partial charge on any atom is 0.441 e. The van der Waals surface area contributed by atoms with Gasteiger partial charge >= 0.3 is 5.51 Å². The molecule has 18 heavy (non-hydrogen) atoms. The van der Waals surface area contributed by atoms with Crippen LogP contribution < -0.4 is 0 Å². The van der Waals surface area contributed by atoms with E-state index in [1.165, 1.54) is 12.1 Å². The fourth-order valence-corrected chi connectivity index (χ4v) is 1.88.